The standard InChI is InChI=1S/C12H9N3O3/c1-7-2-3-9(18-7)11-13-10-6-8(12(16)17)4-5-15(10)14-11/h2-6H,1H3,(H,16,17). The van der Waals surface area contributed by atoms with Gasteiger partial charge in [-0.05, 0) is 31.2 Å². The van der Waals surface area contributed by atoms with Crippen molar-refractivity contribution in [2.45, 2.75) is 6.92 Å². The SMILES string of the molecule is Cc1ccc(-c2nc3cc(C(=O)O)ccn3n2)o1. The minimum absolute atomic E-state index is 0.178. The number of aromatic nitrogens is 3. The highest BCUT2D eigenvalue weighted by molar-refractivity contribution is 5.88. The molecule has 1 N–H and O–H groups in total. The van der Waals surface area contributed by atoms with Crippen LogP contribution in [0.25, 0.3) is 17.2 Å². The largest absolute Gasteiger partial charge is 0.478 e. The van der Waals surface area contributed by atoms with Crippen molar-refractivity contribution in [3.05, 3.63) is 41.8 Å². The van der Waals surface area contributed by atoms with E-state index in [0.717, 1.165) is 5.76 Å². The van der Waals surface area contributed by atoms with E-state index in [1.807, 2.05) is 13.0 Å². The summed E-state index contributed by atoms with van der Waals surface area (Å²) in [7, 11) is 0. The monoisotopic (exact) mass is 243 g/mol. The number of nitrogens with zero attached hydrogens (tertiary/aromatic N) is 3. The first-order valence-electron chi connectivity index (χ1n) is 5.30. The second-order valence-corrected chi connectivity index (χ2v) is 3.87. The van der Waals surface area contributed by atoms with E-state index in [1.165, 1.54) is 16.6 Å². The molecule has 0 atom stereocenters. The predicted molar refractivity (Wildman–Crippen MR) is 62.4 cm³/mol. The van der Waals surface area contributed by atoms with Crippen LogP contribution in [-0.4, -0.2) is 25.7 Å². The third kappa shape index (κ3) is 1.64. The van der Waals surface area contributed by atoms with Crippen molar-refractivity contribution < 1.29 is 14.3 Å². The molecule has 6 nitrogen and oxygen atoms in total. The minimum Gasteiger partial charge on any atom is -0.478 e. The third-order valence-corrected chi connectivity index (χ3v) is 2.55. The van der Waals surface area contributed by atoms with Gasteiger partial charge in [0.05, 0.1) is 5.56 Å². The summed E-state index contributed by atoms with van der Waals surface area (Å²) in [5.41, 5.74) is 0.649. The number of hydrogen-bond donors (Lipinski definition) is 1. The molecule has 3 heterocycles. The summed E-state index contributed by atoms with van der Waals surface area (Å²) in [6.07, 6.45) is 1.56. The molecule has 6 heteroatoms. The average molecular weight is 243 g/mol. The number of pyridine rings is 1. The zero-order chi connectivity index (χ0) is 12.7. The Morgan fingerprint density at radius 1 is 1.39 bits per heavy atom. The highest BCUT2D eigenvalue weighted by Crippen LogP contribution is 2.19. The molecule has 3 rings (SSSR count). The summed E-state index contributed by atoms with van der Waals surface area (Å²) in [6.45, 7) is 1.84. The van der Waals surface area contributed by atoms with Gasteiger partial charge in [-0.15, -0.1) is 5.10 Å². The molecule has 0 saturated carbocycles. The summed E-state index contributed by atoms with van der Waals surface area (Å²) < 4.78 is 6.94. The Bertz CT molecular complexity index is 742. The number of carboxylic acids is 1. The Morgan fingerprint density at radius 3 is 2.89 bits per heavy atom. The molecule has 0 fully saturated rings. The molecule has 0 bridgehead atoms. The highest BCUT2D eigenvalue weighted by atomic mass is 16.4. The molecule has 18 heavy (non-hydrogen) atoms. The zero-order valence-electron chi connectivity index (χ0n) is 9.49. The Balaban J connectivity index is 2.13. The predicted octanol–water partition coefficient (Wildman–Crippen LogP) is 2.00. The number of hydrogen-bond acceptors (Lipinski definition) is 4. The molecule has 0 spiro atoms. The minimum atomic E-state index is -0.990. The van der Waals surface area contributed by atoms with Gasteiger partial charge in [0.2, 0.25) is 5.82 Å². The molecule has 0 aliphatic heterocycles. The summed E-state index contributed by atoms with van der Waals surface area (Å²) in [6, 6.07) is 6.54. The molecular formula is C12H9N3O3. The van der Waals surface area contributed by atoms with Crippen LogP contribution in [0.3, 0.4) is 0 Å². The molecule has 3 aromatic rings. The van der Waals surface area contributed by atoms with Crippen LogP contribution in [0.15, 0.2) is 34.9 Å². The number of aryl methyl sites for hydroxylation is 1. The van der Waals surface area contributed by atoms with Crippen molar-refractivity contribution >= 4 is 11.6 Å². The topological polar surface area (TPSA) is 80.6 Å². The van der Waals surface area contributed by atoms with Crippen LogP contribution in [0.5, 0.6) is 0 Å². The van der Waals surface area contributed by atoms with Gasteiger partial charge < -0.3 is 9.52 Å². The molecule has 0 saturated heterocycles. The maximum atomic E-state index is 10.8. The fourth-order valence-corrected chi connectivity index (χ4v) is 1.67. The van der Waals surface area contributed by atoms with Crippen molar-refractivity contribution in [1.29, 1.82) is 0 Å². The molecule has 90 valence electrons. The van der Waals surface area contributed by atoms with E-state index in [-0.39, 0.29) is 5.56 Å². The van der Waals surface area contributed by atoms with E-state index in [0.29, 0.717) is 17.2 Å². The lowest BCUT2D eigenvalue weighted by molar-refractivity contribution is 0.0697. The Labute approximate surface area is 101 Å². The molecule has 0 aliphatic carbocycles. The fraction of sp³-hybridized carbons (Fsp3) is 0.0833. The Hall–Kier alpha value is -2.63. The van der Waals surface area contributed by atoms with Crippen LogP contribution >= 0.6 is 0 Å². The van der Waals surface area contributed by atoms with Gasteiger partial charge in [0, 0.05) is 6.20 Å². The molecule has 0 unspecified atom stereocenters. The van der Waals surface area contributed by atoms with E-state index < -0.39 is 5.97 Å². The summed E-state index contributed by atoms with van der Waals surface area (Å²) in [4.78, 5) is 15.1. The summed E-state index contributed by atoms with van der Waals surface area (Å²) >= 11 is 0. The van der Waals surface area contributed by atoms with Crippen molar-refractivity contribution in [2.24, 2.45) is 0 Å². The number of furan rings is 1. The lowest BCUT2D eigenvalue weighted by atomic mass is 10.3. The maximum Gasteiger partial charge on any atom is 0.335 e. The second kappa shape index (κ2) is 3.69. The number of fused-ring (bicyclic) bond motifs is 1. The smallest absolute Gasteiger partial charge is 0.335 e. The number of rotatable bonds is 2. The van der Waals surface area contributed by atoms with Crippen LogP contribution in [-0.2, 0) is 0 Å². The van der Waals surface area contributed by atoms with Gasteiger partial charge in [0.1, 0.15) is 5.76 Å². The fourth-order valence-electron chi connectivity index (χ4n) is 1.67. The van der Waals surface area contributed by atoms with E-state index in [1.54, 1.807) is 12.3 Å². The first-order chi connectivity index (χ1) is 8.63. The quantitative estimate of drug-likeness (QED) is 0.744. The summed E-state index contributed by atoms with van der Waals surface area (Å²) in [5.74, 6) is 0.782. The van der Waals surface area contributed by atoms with Crippen molar-refractivity contribution in [2.75, 3.05) is 0 Å². The van der Waals surface area contributed by atoms with Gasteiger partial charge in [-0.1, -0.05) is 0 Å². The lowest BCUT2D eigenvalue weighted by Crippen LogP contribution is -1.97. The van der Waals surface area contributed by atoms with Crippen molar-refractivity contribution in [3.8, 4) is 11.6 Å². The van der Waals surface area contributed by atoms with Gasteiger partial charge in [0.25, 0.3) is 0 Å². The van der Waals surface area contributed by atoms with Crippen LogP contribution in [0.4, 0.5) is 0 Å². The molecule has 0 aromatic carbocycles. The van der Waals surface area contributed by atoms with Crippen LogP contribution < -0.4 is 0 Å². The Morgan fingerprint density at radius 2 is 2.22 bits per heavy atom. The lowest BCUT2D eigenvalue weighted by Gasteiger charge is -1.93. The first kappa shape index (κ1) is 10.5. The third-order valence-electron chi connectivity index (χ3n) is 2.55. The number of carbonyl (C=O) groups is 1. The van der Waals surface area contributed by atoms with Gasteiger partial charge in [-0.25, -0.2) is 14.3 Å². The normalized spacial score (nSPS) is 10.9. The van der Waals surface area contributed by atoms with Gasteiger partial charge in [0.15, 0.2) is 11.4 Å². The van der Waals surface area contributed by atoms with Crippen molar-refractivity contribution in [1.82, 2.24) is 14.6 Å². The second-order valence-electron chi connectivity index (χ2n) is 3.87. The highest BCUT2D eigenvalue weighted by Gasteiger charge is 2.11. The van der Waals surface area contributed by atoms with E-state index in [9.17, 15) is 4.79 Å². The average Bonchev–Trinajstić information content (AvgIpc) is 2.93. The molecule has 0 aliphatic rings. The number of carboxylic acid groups (broad SMARTS) is 1. The number of aromatic carboxylic acids is 1. The molecule has 0 amide bonds. The summed E-state index contributed by atoms with van der Waals surface area (Å²) in [5, 5.41) is 13.1. The van der Waals surface area contributed by atoms with E-state index in [2.05, 4.69) is 10.1 Å². The van der Waals surface area contributed by atoms with Crippen LogP contribution in [0.2, 0.25) is 0 Å². The van der Waals surface area contributed by atoms with Crippen LogP contribution in [0.1, 0.15) is 16.1 Å². The van der Waals surface area contributed by atoms with Gasteiger partial charge >= 0.3 is 5.97 Å². The van der Waals surface area contributed by atoms with E-state index >= 15 is 0 Å². The molecular weight excluding hydrogens is 234 g/mol. The van der Waals surface area contributed by atoms with Crippen molar-refractivity contribution in [3.63, 3.8) is 0 Å². The maximum absolute atomic E-state index is 10.8. The molecule has 0 radical (unpaired) electrons. The van der Waals surface area contributed by atoms with E-state index in [4.69, 9.17) is 9.52 Å². The van der Waals surface area contributed by atoms with Gasteiger partial charge in [-0.3, -0.25) is 0 Å². The Kier molecular flexibility index (Phi) is 2.16. The van der Waals surface area contributed by atoms with Gasteiger partial charge in [-0.2, -0.15) is 0 Å². The van der Waals surface area contributed by atoms with Crippen LogP contribution in [0, 0.1) is 6.92 Å². The first-order valence-corrected chi connectivity index (χ1v) is 5.30. The molecule has 3 aromatic heterocycles. The zero-order valence-corrected chi connectivity index (χ0v) is 9.49.